The third-order valence-electron chi connectivity index (χ3n) is 6.40. The van der Waals surface area contributed by atoms with Gasteiger partial charge in [-0.3, -0.25) is 5.21 Å². The molecule has 5 heteroatoms. The van der Waals surface area contributed by atoms with Gasteiger partial charge in [-0.05, 0) is 72.4 Å². The second kappa shape index (κ2) is 9.60. The number of anilines is 1. The summed E-state index contributed by atoms with van der Waals surface area (Å²) in [5.74, 6) is 0.721. The number of hydrogen-bond acceptors (Lipinski definition) is 5. The van der Waals surface area contributed by atoms with E-state index in [9.17, 15) is 10.3 Å². The molecule has 170 valence electrons. The average molecular weight is 428 g/mol. The van der Waals surface area contributed by atoms with Crippen LogP contribution < -0.4 is 5.06 Å². The van der Waals surface area contributed by atoms with Crippen LogP contribution in [0.4, 0.5) is 5.69 Å². The minimum Gasteiger partial charge on any atom is -0.483 e. The van der Waals surface area contributed by atoms with Gasteiger partial charge in [-0.15, -0.1) is 0 Å². The fourth-order valence-electron chi connectivity index (χ4n) is 4.55. The summed E-state index contributed by atoms with van der Waals surface area (Å²) in [6, 6.07) is 7.32. The molecule has 0 bridgehead atoms. The second-order valence-corrected chi connectivity index (χ2v) is 9.28. The third kappa shape index (κ3) is 4.89. The van der Waals surface area contributed by atoms with Gasteiger partial charge in [-0.2, -0.15) is 0 Å². The van der Waals surface area contributed by atoms with Crippen LogP contribution in [0.3, 0.4) is 0 Å². The van der Waals surface area contributed by atoms with Crippen molar-refractivity contribution in [3.63, 3.8) is 0 Å². The minimum atomic E-state index is -1.08. The van der Waals surface area contributed by atoms with E-state index < -0.39 is 17.8 Å². The Labute approximate surface area is 186 Å². The molecule has 0 amide bonds. The zero-order valence-corrected chi connectivity index (χ0v) is 19.7. The Bertz CT molecular complexity index is 879. The van der Waals surface area contributed by atoms with Gasteiger partial charge in [0.25, 0.3) is 0 Å². The first-order chi connectivity index (χ1) is 14.7. The van der Waals surface area contributed by atoms with Gasteiger partial charge >= 0.3 is 0 Å². The van der Waals surface area contributed by atoms with Gasteiger partial charge in [0.2, 0.25) is 0 Å². The SMILES string of the molecule is CO[C@H]1C2=C(O[C@@H]1[C@](C)(O)CC/C=C(\C)CCC=C(C)C)c1ccccc1N(O)C2C. The fraction of sp³-hybridized carbons (Fsp3) is 0.538. The number of hydrogen-bond donors (Lipinski definition) is 2. The van der Waals surface area contributed by atoms with Crippen LogP contribution in [0.1, 0.15) is 65.9 Å². The van der Waals surface area contributed by atoms with Crippen molar-refractivity contribution in [3.05, 3.63) is 58.7 Å². The lowest BCUT2D eigenvalue weighted by Gasteiger charge is -2.35. The Kier molecular flexibility index (Phi) is 7.30. The van der Waals surface area contributed by atoms with Crippen LogP contribution in [-0.4, -0.2) is 41.3 Å². The molecule has 1 unspecified atom stereocenters. The number of benzene rings is 1. The molecule has 1 aromatic carbocycles. The maximum atomic E-state index is 11.4. The minimum absolute atomic E-state index is 0.298. The highest BCUT2D eigenvalue weighted by atomic mass is 16.6. The quantitative estimate of drug-likeness (QED) is 0.526. The maximum Gasteiger partial charge on any atom is 0.157 e. The van der Waals surface area contributed by atoms with Crippen LogP contribution >= 0.6 is 0 Å². The molecule has 5 nitrogen and oxygen atoms in total. The lowest BCUT2D eigenvalue weighted by atomic mass is 9.85. The Morgan fingerprint density at radius 2 is 1.90 bits per heavy atom. The van der Waals surface area contributed by atoms with E-state index in [0.717, 1.165) is 36.2 Å². The summed E-state index contributed by atoms with van der Waals surface area (Å²) in [6.45, 7) is 10.1. The lowest BCUT2D eigenvalue weighted by molar-refractivity contribution is -0.103. The molecule has 0 saturated carbocycles. The number of methoxy groups -OCH3 is 1. The molecule has 1 aromatic rings. The first-order valence-corrected chi connectivity index (χ1v) is 11.2. The van der Waals surface area contributed by atoms with Crippen LogP contribution in [-0.2, 0) is 9.47 Å². The van der Waals surface area contributed by atoms with Gasteiger partial charge in [0.15, 0.2) is 6.10 Å². The number of para-hydroxylation sites is 1. The number of nitrogens with zero attached hydrogens (tertiary/aromatic N) is 1. The van der Waals surface area contributed by atoms with Crippen LogP contribution in [0, 0.1) is 0 Å². The first kappa shape index (κ1) is 23.6. The summed E-state index contributed by atoms with van der Waals surface area (Å²) in [7, 11) is 1.63. The van der Waals surface area contributed by atoms with Crippen molar-refractivity contribution < 1.29 is 19.8 Å². The standard InChI is InChI=1S/C26H37NO4/c1-17(2)11-9-12-18(3)13-10-16-26(5,28)25-24(30-6)22-19(4)27(29)21-15-8-7-14-20(21)23(22)31-25/h7-8,11,13-15,19,24-25,28-29H,9-10,12,16H2,1-6H3/b18-13+/t19?,24-,25-,26+/m0/s1. The first-order valence-electron chi connectivity index (χ1n) is 11.2. The Morgan fingerprint density at radius 3 is 2.58 bits per heavy atom. The number of aliphatic hydroxyl groups is 1. The molecule has 2 N–H and O–H groups in total. The van der Waals surface area contributed by atoms with Crippen molar-refractivity contribution in [1.29, 1.82) is 0 Å². The number of fused-ring (bicyclic) bond motifs is 2. The van der Waals surface area contributed by atoms with Gasteiger partial charge in [0.05, 0.1) is 11.7 Å². The monoisotopic (exact) mass is 427 g/mol. The van der Waals surface area contributed by atoms with Crippen LogP contribution in [0.25, 0.3) is 5.76 Å². The van der Waals surface area contributed by atoms with Crippen LogP contribution in [0.2, 0.25) is 0 Å². The summed E-state index contributed by atoms with van der Waals surface area (Å²) in [4.78, 5) is 0. The number of rotatable bonds is 8. The summed E-state index contributed by atoms with van der Waals surface area (Å²) in [5, 5.41) is 23.3. The van der Waals surface area contributed by atoms with E-state index in [2.05, 4.69) is 32.9 Å². The smallest absolute Gasteiger partial charge is 0.157 e. The average Bonchev–Trinajstić information content (AvgIpc) is 3.12. The van der Waals surface area contributed by atoms with Crippen LogP contribution in [0.5, 0.6) is 0 Å². The van der Waals surface area contributed by atoms with Gasteiger partial charge in [0, 0.05) is 18.2 Å². The van der Waals surface area contributed by atoms with Crippen molar-refractivity contribution in [2.24, 2.45) is 0 Å². The highest BCUT2D eigenvalue weighted by Gasteiger charge is 2.51. The number of hydroxylamine groups is 1. The topological polar surface area (TPSA) is 62.2 Å². The second-order valence-electron chi connectivity index (χ2n) is 9.28. The molecular weight excluding hydrogens is 390 g/mol. The molecule has 0 fully saturated rings. The van der Waals surface area contributed by atoms with Gasteiger partial charge in [-0.1, -0.05) is 35.4 Å². The van der Waals surface area contributed by atoms with E-state index in [1.54, 1.807) is 7.11 Å². The van der Waals surface area contributed by atoms with Crippen molar-refractivity contribution in [3.8, 4) is 0 Å². The number of allylic oxidation sites excluding steroid dienone is 4. The Morgan fingerprint density at radius 1 is 1.19 bits per heavy atom. The highest BCUT2D eigenvalue weighted by Crippen LogP contribution is 2.47. The van der Waals surface area contributed by atoms with E-state index in [0.29, 0.717) is 12.1 Å². The molecule has 3 rings (SSSR count). The van der Waals surface area contributed by atoms with E-state index in [1.165, 1.54) is 16.2 Å². The van der Waals surface area contributed by atoms with E-state index >= 15 is 0 Å². The molecule has 0 aliphatic carbocycles. The number of ether oxygens (including phenoxy) is 2. The van der Waals surface area contributed by atoms with Gasteiger partial charge in [0.1, 0.15) is 17.5 Å². The molecular formula is C26H37NO4. The molecule has 0 aromatic heterocycles. The molecule has 0 saturated heterocycles. The summed E-state index contributed by atoms with van der Waals surface area (Å²) in [6.07, 6.45) is 6.92. The van der Waals surface area contributed by atoms with Crippen LogP contribution in [0.15, 0.2) is 53.1 Å². The summed E-state index contributed by atoms with van der Waals surface area (Å²) >= 11 is 0. The van der Waals surface area contributed by atoms with Crippen molar-refractivity contribution in [2.45, 2.75) is 84.2 Å². The van der Waals surface area contributed by atoms with E-state index in [4.69, 9.17) is 9.47 Å². The van der Waals surface area contributed by atoms with E-state index in [-0.39, 0.29) is 6.04 Å². The van der Waals surface area contributed by atoms with E-state index in [1.807, 2.05) is 38.1 Å². The molecule has 2 heterocycles. The van der Waals surface area contributed by atoms with Gasteiger partial charge in [-0.25, -0.2) is 5.06 Å². The Balaban J connectivity index is 1.74. The van der Waals surface area contributed by atoms with Gasteiger partial charge < -0.3 is 14.6 Å². The normalized spacial score (nSPS) is 25.0. The predicted molar refractivity (Wildman–Crippen MR) is 125 cm³/mol. The highest BCUT2D eigenvalue weighted by molar-refractivity contribution is 5.81. The molecule has 0 spiro atoms. The lowest BCUT2D eigenvalue weighted by Crippen LogP contribution is -2.48. The zero-order chi connectivity index (χ0) is 22.8. The maximum absolute atomic E-state index is 11.4. The largest absolute Gasteiger partial charge is 0.483 e. The molecule has 4 atom stereocenters. The third-order valence-corrected chi connectivity index (χ3v) is 6.40. The molecule has 2 aliphatic heterocycles. The van der Waals surface area contributed by atoms with Crippen molar-refractivity contribution in [1.82, 2.24) is 0 Å². The molecule has 0 radical (unpaired) electrons. The summed E-state index contributed by atoms with van der Waals surface area (Å²) < 4.78 is 12.2. The summed E-state index contributed by atoms with van der Waals surface area (Å²) in [5.41, 5.74) is 4.01. The van der Waals surface area contributed by atoms with Crippen molar-refractivity contribution >= 4 is 11.4 Å². The molecule has 2 aliphatic rings. The Hall–Kier alpha value is -2.08. The zero-order valence-electron chi connectivity index (χ0n) is 19.7. The fourth-order valence-corrected chi connectivity index (χ4v) is 4.55. The predicted octanol–water partition coefficient (Wildman–Crippen LogP) is 5.63. The molecule has 31 heavy (non-hydrogen) atoms. The van der Waals surface area contributed by atoms with Crippen molar-refractivity contribution in [2.75, 3.05) is 12.2 Å².